The van der Waals surface area contributed by atoms with E-state index < -0.39 is 102 Å². The summed E-state index contributed by atoms with van der Waals surface area (Å²) in [7, 11) is 0. The molecule has 0 aliphatic rings. The molecule has 1 nitrogen and oxygen atoms in total. The molecule has 1 heteroatoms. The Morgan fingerprint density at radius 2 is 1.13 bits per heavy atom. The van der Waals surface area contributed by atoms with E-state index in [0.717, 1.165) is 4.57 Å². The van der Waals surface area contributed by atoms with Gasteiger partial charge in [0.15, 0.2) is 0 Å². The molecule has 5 aromatic rings. The molecule has 4 aromatic carbocycles. The molecule has 0 spiro atoms. The van der Waals surface area contributed by atoms with E-state index in [9.17, 15) is 0 Å². The Balaban J connectivity index is 2.21. The minimum Gasteiger partial charge on any atom is -0.309 e. The number of hydrogen-bond acceptors (Lipinski definition) is 0. The minimum atomic E-state index is -0.730. The number of benzene rings is 4. The van der Waals surface area contributed by atoms with Gasteiger partial charge in [0, 0.05) is 16.5 Å². The van der Waals surface area contributed by atoms with E-state index in [0.29, 0.717) is 0 Å². The summed E-state index contributed by atoms with van der Waals surface area (Å²) in [4.78, 5) is 0. The number of rotatable bonds is 1. The Kier molecular flexibility index (Phi) is 0.968. The van der Waals surface area contributed by atoms with Crippen molar-refractivity contribution in [2.24, 2.45) is 0 Å². The molecular formula is C22H15N. The maximum absolute atomic E-state index is 8.89. The van der Waals surface area contributed by atoms with Crippen molar-refractivity contribution >= 4 is 32.6 Å². The molecule has 0 fully saturated rings. The lowest BCUT2D eigenvalue weighted by atomic mass is 10.1. The average molecular weight is 308 g/mol. The zero-order valence-electron chi connectivity index (χ0n) is 26.4. The first kappa shape index (κ1) is 4.72. The number of fused-ring (bicyclic) bond motifs is 4. The molecule has 0 atom stereocenters. The van der Waals surface area contributed by atoms with Crippen LogP contribution in [0.15, 0.2) is 90.6 Å². The number of hydrogen-bond donors (Lipinski definition) is 0. The van der Waals surface area contributed by atoms with Gasteiger partial charge in [-0.15, -0.1) is 0 Å². The second kappa shape index (κ2) is 4.72. The Labute approximate surface area is 155 Å². The first-order valence-corrected chi connectivity index (χ1v) is 6.67. The second-order valence-corrected chi connectivity index (χ2v) is 4.76. The van der Waals surface area contributed by atoms with Crippen molar-refractivity contribution < 1.29 is 20.6 Å². The molecule has 0 saturated carbocycles. The highest BCUT2D eigenvalue weighted by molar-refractivity contribution is 6.09. The SMILES string of the molecule is [2H]c1c([2H])c([2H])c2c([2H])c(-n3c4c([2H])c([2H])c([2H])c([2H])c4c4c([2H])c([2H])c([2H])c([2H])c43)c([2H])c([2H])c2c1[2H]. The van der Waals surface area contributed by atoms with E-state index in [4.69, 9.17) is 20.6 Å². The molecule has 0 N–H and O–H groups in total. The summed E-state index contributed by atoms with van der Waals surface area (Å²) in [6.45, 7) is 0. The average Bonchev–Trinajstić information content (AvgIpc) is 3.23. The Morgan fingerprint density at radius 1 is 0.565 bits per heavy atom. The summed E-state index contributed by atoms with van der Waals surface area (Å²) in [5, 5.41) is -1.36. The van der Waals surface area contributed by atoms with Gasteiger partial charge < -0.3 is 4.57 Å². The molecule has 23 heavy (non-hydrogen) atoms. The molecule has 0 aliphatic carbocycles. The molecule has 0 saturated heterocycles. The van der Waals surface area contributed by atoms with Crippen LogP contribution in [-0.4, -0.2) is 4.57 Å². The Bertz CT molecular complexity index is 1840. The second-order valence-electron chi connectivity index (χ2n) is 4.76. The first-order valence-electron chi connectivity index (χ1n) is 14.2. The zero-order chi connectivity index (χ0) is 28.3. The van der Waals surface area contributed by atoms with E-state index in [1.165, 1.54) is 0 Å². The zero-order valence-corrected chi connectivity index (χ0v) is 11.4. The van der Waals surface area contributed by atoms with E-state index in [2.05, 4.69) is 0 Å². The Morgan fingerprint density at radius 3 is 1.83 bits per heavy atom. The van der Waals surface area contributed by atoms with Crippen LogP contribution < -0.4 is 0 Å². The van der Waals surface area contributed by atoms with Crippen molar-refractivity contribution in [3.63, 3.8) is 0 Å². The number of para-hydroxylation sites is 2. The lowest BCUT2D eigenvalue weighted by Crippen LogP contribution is -1.93. The van der Waals surface area contributed by atoms with Crippen LogP contribution >= 0.6 is 0 Å². The molecule has 0 unspecified atom stereocenters. The lowest BCUT2D eigenvalue weighted by molar-refractivity contribution is 1.19. The van der Waals surface area contributed by atoms with Gasteiger partial charge in [0.1, 0.15) is 0 Å². The highest BCUT2D eigenvalue weighted by Crippen LogP contribution is 2.32. The monoisotopic (exact) mass is 308 g/mol. The molecule has 0 bridgehead atoms. The van der Waals surface area contributed by atoms with Crippen LogP contribution in [0.2, 0.25) is 0 Å². The van der Waals surface area contributed by atoms with Gasteiger partial charge in [0.25, 0.3) is 0 Å². The number of nitrogens with zero attached hydrogens (tertiary/aromatic N) is 1. The summed E-state index contributed by atoms with van der Waals surface area (Å²) in [6.07, 6.45) is 0. The third-order valence-corrected chi connectivity index (χ3v) is 3.49. The summed E-state index contributed by atoms with van der Waals surface area (Å²) in [5.74, 6) is 0. The standard InChI is InChI=1S/C22H15N/c1-2-8-17-15-18(14-13-16(17)7-1)23-21-11-5-3-9-19(21)20-10-4-6-12-22(20)23/h1-15H/i1D,2D,3D,4D,5D,6D,7D,8D,9D,10D,11D,12D,13D,14D,15D. The summed E-state index contributed by atoms with van der Waals surface area (Å²) in [6, 6.07) is -10.0. The summed E-state index contributed by atoms with van der Waals surface area (Å²) in [5.41, 5.74) is -1.25. The predicted octanol–water partition coefficient (Wildman–Crippen LogP) is 5.94. The molecule has 1 heterocycles. The fraction of sp³-hybridized carbons (Fsp3) is 0. The summed E-state index contributed by atoms with van der Waals surface area (Å²) < 4.78 is 126. The Hall–Kier alpha value is -3.06. The molecule has 1 aromatic heterocycles. The van der Waals surface area contributed by atoms with Crippen molar-refractivity contribution in [1.82, 2.24) is 4.57 Å². The van der Waals surface area contributed by atoms with Gasteiger partial charge in [0.2, 0.25) is 0 Å². The van der Waals surface area contributed by atoms with Gasteiger partial charge >= 0.3 is 0 Å². The van der Waals surface area contributed by atoms with E-state index in [-0.39, 0.29) is 27.2 Å². The predicted molar refractivity (Wildman–Crippen MR) is 98.3 cm³/mol. The molecule has 0 radical (unpaired) electrons. The van der Waals surface area contributed by atoms with Crippen LogP contribution in [0.1, 0.15) is 20.6 Å². The van der Waals surface area contributed by atoms with Gasteiger partial charge in [-0.05, 0) is 34.9 Å². The molecular weight excluding hydrogens is 278 g/mol. The quantitative estimate of drug-likeness (QED) is 0.361. The fourth-order valence-electron chi connectivity index (χ4n) is 2.53. The van der Waals surface area contributed by atoms with Crippen molar-refractivity contribution in [3.8, 4) is 5.69 Å². The molecule has 0 aliphatic heterocycles. The van der Waals surface area contributed by atoms with Crippen molar-refractivity contribution in [2.75, 3.05) is 0 Å². The third-order valence-electron chi connectivity index (χ3n) is 3.49. The fourth-order valence-corrected chi connectivity index (χ4v) is 2.53. The lowest BCUT2D eigenvalue weighted by Gasteiger charge is -2.09. The highest BCUT2D eigenvalue weighted by atomic mass is 15.0. The van der Waals surface area contributed by atoms with Gasteiger partial charge in [-0.25, -0.2) is 0 Å². The largest absolute Gasteiger partial charge is 0.309 e. The normalized spacial score (nSPS) is 20.6. The van der Waals surface area contributed by atoms with Gasteiger partial charge in [-0.1, -0.05) is 66.5 Å². The van der Waals surface area contributed by atoms with Crippen molar-refractivity contribution in [3.05, 3.63) is 90.6 Å². The van der Waals surface area contributed by atoms with Gasteiger partial charge in [-0.2, -0.15) is 0 Å². The number of aromatic nitrogens is 1. The van der Waals surface area contributed by atoms with Crippen LogP contribution in [0.3, 0.4) is 0 Å². The first-order chi connectivity index (χ1) is 17.7. The van der Waals surface area contributed by atoms with Crippen molar-refractivity contribution in [1.29, 1.82) is 0 Å². The smallest absolute Gasteiger partial charge is 0.0651 e. The topological polar surface area (TPSA) is 4.93 Å². The van der Waals surface area contributed by atoms with Crippen LogP contribution in [0, 0.1) is 0 Å². The maximum Gasteiger partial charge on any atom is 0.0651 e. The molecule has 0 amide bonds. The third kappa shape index (κ3) is 1.80. The van der Waals surface area contributed by atoms with Crippen LogP contribution in [0.5, 0.6) is 0 Å². The van der Waals surface area contributed by atoms with Crippen LogP contribution in [0.4, 0.5) is 0 Å². The summed E-state index contributed by atoms with van der Waals surface area (Å²) >= 11 is 0. The van der Waals surface area contributed by atoms with E-state index >= 15 is 0 Å². The molecule has 5 rings (SSSR count). The maximum atomic E-state index is 8.89. The van der Waals surface area contributed by atoms with Gasteiger partial charge in [0.05, 0.1) is 31.6 Å². The highest BCUT2D eigenvalue weighted by Gasteiger charge is 2.11. The van der Waals surface area contributed by atoms with E-state index in [1.54, 1.807) is 0 Å². The minimum absolute atomic E-state index is 0.279. The van der Waals surface area contributed by atoms with Gasteiger partial charge in [-0.3, -0.25) is 0 Å². The van der Waals surface area contributed by atoms with Crippen LogP contribution in [0.25, 0.3) is 38.3 Å². The van der Waals surface area contributed by atoms with E-state index in [1.807, 2.05) is 0 Å². The van der Waals surface area contributed by atoms with Crippen LogP contribution in [-0.2, 0) is 0 Å². The van der Waals surface area contributed by atoms with Crippen molar-refractivity contribution in [2.45, 2.75) is 0 Å². The molecule has 108 valence electrons.